The van der Waals surface area contributed by atoms with E-state index in [0.29, 0.717) is 35.0 Å². The standard InChI is InChI=1S/C21H21N7O/c1-13-19(14-5-20(29-2)21-15(8-22)9-24-27(21)11-14)10-25-28(13)18-6-16-3-4-17(7-18)26(16)12-23/h5,9-11,16-18H,3-4,6-7H2,1-2H3. The highest BCUT2D eigenvalue weighted by Gasteiger charge is 2.41. The first-order valence-corrected chi connectivity index (χ1v) is 9.82. The molecular weight excluding hydrogens is 366 g/mol. The Bertz CT molecular complexity index is 1160. The number of hydrogen-bond acceptors (Lipinski definition) is 6. The largest absolute Gasteiger partial charge is 0.494 e. The van der Waals surface area contributed by atoms with E-state index < -0.39 is 0 Å². The van der Waals surface area contributed by atoms with E-state index in [4.69, 9.17) is 9.84 Å². The van der Waals surface area contributed by atoms with Gasteiger partial charge in [0.05, 0.1) is 25.5 Å². The summed E-state index contributed by atoms with van der Waals surface area (Å²) < 4.78 is 9.35. The predicted octanol–water partition coefficient (Wildman–Crippen LogP) is 3.04. The molecular formula is C21H21N7O. The SMILES string of the molecule is COc1cc(-c2cnn(C3CC4CCC(C3)N4C#N)c2C)cn2ncc(C#N)c12. The number of ether oxygens (including phenoxy) is 1. The van der Waals surface area contributed by atoms with Crippen molar-refractivity contribution in [2.45, 2.75) is 50.7 Å². The van der Waals surface area contributed by atoms with Gasteiger partial charge in [-0.15, -0.1) is 0 Å². The van der Waals surface area contributed by atoms with Gasteiger partial charge in [0.15, 0.2) is 6.19 Å². The lowest BCUT2D eigenvalue weighted by molar-refractivity contribution is 0.160. The van der Waals surface area contributed by atoms with E-state index in [2.05, 4.69) is 29.0 Å². The Morgan fingerprint density at radius 1 is 1.10 bits per heavy atom. The van der Waals surface area contributed by atoms with Gasteiger partial charge in [0.2, 0.25) is 0 Å². The molecule has 0 spiro atoms. The Labute approximate surface area is 168 Å². The molecule has 0 aromatic carbocycles. The van der Waals surface area contributed by atoms with Gasteiger partial charge in [-0.2, -0.15) is 20.7 Å². The van der Waals surface area contributed by atoms with E-state index in [0.717, 1.165) is 42.5 Å². The first kappa shape index (κ1) is 17.6. The summed E-state index contributed by atoms with van der Waals surface area (Å²) in [5.74, 6) is 0.615. The second-order valence-electron chi connectivity index (χ2n) is 7.87. The van der Waals surface area contributed by atoms with Crippen LogP contribution in [0.4, 0.5) is 0 Å². The molecule has 3 aromatic heterocycles. The van der Waals surface area contributed by atoms with E-state index in [1.807, 2.05) is 23.4 Å². The van der Waals surface area contributed by atoms with Crippen LogP contribution in [0.25, 0.3) is 16.6 Å². The highest BCUT2D eigenvalue weighted by atomic mass is 16.5. The van der Waals surface area contributed by atoms with Gasteiger partial charge >= 0.3 is 0 Å². The van der Waals surface area contributed by atoms with Gasteiger partial charge in [0, 0.05) is 35.1 Å². The molecule has 2 atom stereocenters. The maximum absolute atomic E-state index is 9.40. The van der Waals surface area contributed by atoms with Gasteiger partial charge in [-0.1, -0.05) is 0 Å². The number of rotatable bonds is 3. The third-order valence-corrected chi connectivity index (χ3v) is 6.44. The van der Waals surface area contributed by atoms with Gasteiger partial charge in [0.1, 0.15) is 22.9 Å². The van der Waals surface area contributed by atoms with Crippen molar-refractivity contribution in [3.8, 4) is 29.1 Å². The van der Waals surface area contributed by atoms with Crippen LogP contribution in [0, 0.1) is 29.7 Å². The van der Waals surface area contributed by atoms with Crippen LogP contribution in [0.2, 0.25) is 0 Å². The van der Waals surface area contributed by atoms with E-state index in [9.17, 15) is 10.5 Å². The summed E-state index contributed by atoms with van der Waals surface area (Å²) in [6, 6.07) is 5.08. The fourth-order valence-corrected chi connectivity index (χ4v) is 5.06. The number of methoxy groups -OCH3 is 1. The molecule has 0 saturated carbocycles. The number of fused-ring (bicyclic) bond motifs is 3. The normalized spacial score (nSPS) is 23.2. The Hall–Kier alpha value is -3.52. The smallest absolute Gasteiger partial charge is 0.179 e. The van der Waals surface area contributed by atoms with Gasteiger partial charge in [0.25, 0.3) is 0 Å². The van der Waals surface area contributed by atoms with Crippen LogP contribution in [0.15, 0.2) is 24.7 Å². The highest BCUT2D eigenvalue weighted by Crippen LogP contribution is 2.41. The van der Waals surface area contributed by atoms with Crippen LogP contribution >= 0.6 is 0 Å². The Morgan fingerprint density at radius 2 is 1.86 bits per heavy atom. The van der Waals surface area contributed by atoms with Crippen LogP contribution in [-0.4, -0.2) is 43.5 Å². The number of piperidine rings is 1. The fourth-order valence-electron chi connectivity index (χ4n) is 5.06. The topological polar surface area (TPSA) is 95.2 Å². The van der Waals surface area contributed by atoms with Crippen molar-refractivity contribution in [1.29, 1.82) is 10.5 Å². The molecule has 2 fully saturated rings. The van der Waals surface area contributed by atoms with E-state index in [1.54, 1.807) is 17.8 Å². The third-order valence-electron chi connectivity index (χ3n) is 6.44. The quantitative estimate of drug-likeness (QED) is 0.641. The summed E-state index contributed by atoms with van der Waals surface area (Å²) in [6.45, 7) is 2.08. The van der Waals surface area contributed by atoms with Crippen molar-refractivity contribution in [3.05, 3.63) is 35.9 Å². The van der Waals surface area contributed by atoms with Crippen molar-refractivity contribution in [2.75, 3.05) is 7.11 Å². The lowest BCUT2D eigenvalue weighted by Gasteiger charge is -2.35. The zero-order valence-electron chi connectivity index (χ0n) is 16.4. The van der Waals surface area contributed by atoms with E-state index in [-0.39, 0.29) is 0 Å². The number of pyridine rings is 1. The molecule has 29 heavy (non-hydrogen) atoms. The average Bonchev–Trinajstić information content (AvgIpc) is 3.40. The first-order valence-electron chi connectivity index (χ1n) is 9.82. The molecule has 8 nitrogen and oxygen atoms in total. The molecule has 2 aliphatic heterocycles. The maximum atomic E-state index is 9.40. The Morgan fingerprint density at radius 3 is 2.52 bits per heavy atom. The second kappa shape index (κ2) is 6.52. The van der Waals surface area contributed by atoms with E-state index in [1.165, 1.54) is 0 Å². The van der Waals surface area contributed by atoms with Gasteiger partial charge < -0.3 is 9.64 Å². The van der Waals surface area contributed by atoms with Crippen molar-refractivity contribution in [3.63, 3.8) is 0 Å². The summed E-state index contributed by atoms with van der Waals surface area (Å²) in [5.41, 5.74) is 4.22. The summed E-state index contributed by atoms with van der Waals surface area (Å²) in [6.07, 6.45) is 11.8. The zero-order valence-corrected chi connectivity index (χ0v) is 16.4. The summed E-state index contributed by atoms with van der Waals surface area (Å²) in [4.78, 5) is 1.99. The fraction of sp³-hybridized carbons (Fsp3) is 0.429. The van der Waals surface area contributed by atoms with Crippen LogP contribution in [0.5, 0.6) is 5.75 Å². The molecule has 3 aromatic rings. The molecule has 2 bridgehead atoms. The number of aromatic nitrogens is 4. The molecule has 2 unspecified atom stereocenters. The van der Waals surface area contributed by atoms with Crippen LogP contribution in [0.1, 0.15) is 43.0 Å². The molecule has 8 heteroatoms. The molecule has 0 aliphatic carbocycles. The van der Waals surface area contributed by atoms with Crippen LogP contribution < -0.4 is 4.74 Å². The maximum Gasteiger partial charge on any atom is 0.179 e. The minimum Gasteiger partial charge on any atom is -0.494 e. The number of hydrogen-bond donors (Lipinski definition) is 0. The summed E-state index contributed by atoms with van der Waals surface area (Å²) in [7, 11) is 1.60. The molecule has 5 rings (SSSR count). The molecule has 2 saturated heterocycles. The monoisotopic (exact) mass is 387 g/mol. The van der Waals surface area contributed by atoms with Crippen LogP contribution in [0.3, 0.4) is 0 Å². The molecule has 0 radical (unpaired) electrons. The third kappa shape index (κ3) is 2.56. The highest BCUT2D eigenvalue weighted by molar-refractivity contribution is 5.75. The minimum absolute atomic E-state index is 0.311. The number of nitrogens with zero attached hydrogens (tertiary/aromatic N) is 7. The molecule has 0 N–H and O–H groups in total. The lowest BCUT2D eigenvalue weighted by atomic mass is 9.97. The molecule has 2 aliphatic rings. The van der Waals surface area contributed by atoms with Gasteiger partial charge in [-0.25, -0.2) is 4.52 Å². The Kier molecular flexibility index (Phi) is 3.95. The second-order valence-corrected chi connectivity index (χ2v) is 7.87. The molecule has 146 valence electrons. The zero-order chi connectivity index (χ0) is 20.1. The van der Waals surface area contributed by atoms with Gasteiger partial charge in [-0.3, -0.25) is 4.68 Å². The average molecular weight is 387 g/mol. The van der Waals surface area contributed by atoms with E-state index >= 15 is 0 Å². The van der Waals surface area contributed by atoms with Crippen molar-refractivity contribution in [2.24, 2.45) is 0 Å². The summed E-state index contributed by atoms with van der Waals surface area (Å²) >= 11 is 0. The van der Waals surface area contributed by atoms with Crippen molar-refractivity contribution < 1.29 is 4.74 Å². The first-order chi connectivity index (χ1) is 14.1. The van der Waals surface area contributed by atoms with Gasteiger partial charge in [-0.05, 0) is 38.7 Å². The summed E-state index contributed by atoms with van der Waals surface area (Å²) in [5, 5.41) is 27.7. The lowest BCUT2D eigenvalue weighted by Crippen LogP contribution is -2.40. The number of nitriles is 2. The molecule has 5 heterocycles. The van der Waals surface area contributed by atoms with Crippen LogP contribution in [-0.2, 0) is 0 Å². The predicted molar refractivity (Wildman–Crippen MR) is 105 cm³/mol. The minimum atomic E-state index is 0.311. The Balaban J connectivity index is 1.52. The van der Waals surface area contributed by atoms with Crippen molar-refractivity contribution >= 4 is 5.52 Å². The van der Waals surface area contributed by atoms with Crippen molar-refractivity contribution in [1.82, 2.24) is 24.3 Å². The molecule has 0 amide bonds.